The molecule has 0 saturated carbocycles. The zero-order valence-corrected chi connectivity index (χ0v) is 12.1. The Morgan fingerprint density at radius 2 is 1.95 bits per heavy atom. The van der Waals surface area contributed by atoms with Crippen LogP contribution in [0.3, 0.4) is 0 Å². The molecule has 112 valence electrons. The first kappa shape index (κ1) is 16.9. The van der Waals surface area contributed by atoms with Crippen LogP contribution in [0.4, 0.5) is 0 Å². The van der Waals surface area contributed by atoms with Gasteiger partial charge in [0.2, 0.25) is 0 Å². The van der Waals surface area contributed by atoms with Crippen LogP contribution in [0.5, 0.6) is 0 Å². The van der Waals surface area contributed by atoms with Crippen molar-refractivity contribution in [3.63, 3.8) is 0 Å². The van der Waals surface area contributed by atoms with Crippen molar-refractivity contribution in [3.8, 4) is 0 Å². The van der Waals surface area contributed by atoms with Gasteiger partial charge in [-0.25, -0.2) is 4.79 Å². The summed E-state index contributed by atoms with van der Waals surface area (Å²) in [5.74, 6) is -0.909. The molecule has 1 aromatic rings. The number of piperazine rings is 1. The van der Waals surface area contributed by atoms with Crippen LogP contribution in [0.1, 0.15) is 28.4 Å². The number of aliphatic hydroxyl groups is 1. The van der Waals surface area contributed by atoms with Gasteiger partial charge in [0.1, 0.15) is 0 Å². The van der Waals surface area contributed by atoms with Gasteiger partial charge in [-0.05, 0) is 18.1 Å². The summed E-state index contributed by atoms with van der Waals surface area (Å²) in [4.78, 5) is 13.6. The van der Waals surface area contributed by atoms with Crippen LogP contribution >= 0.6 is 12.4 Å². The second-order valence-corrected chi connectivity index (χ2v) is 4.71. The molecule has 20 heavy (non-hydrogen) atoms. The van der Waals surface area contributed by atoms with Crippen LogP contribution in [-0.4, -0.2) is 53.9 Å². The van der Waals surface area contributed by atoms with E-state index in [0.29, 0.717) is 12.0 Å². The number of rotatable bonds is 5. The maximum atomic E-state index is 11.3. The Kier molecular flexibility index (Phi) is 6.95. The van der Waals surface area contributed by atoms with Crippen molar-refractivity contribution < 1.29 is 15.0 Å². The van der Waals surface area contributed by atoms with Crippen molar-refractivity contribution in [1.82, 2.24) is 10.2 Å². The number of hydrogen-bond acceptors (Lipinski definition) is 4. The van der Waals surface area contributed by atoms with E-state index < -0.39 is 5.97 Å². The Bertz CT molecular complexity index is 436. The third-order valence-corrected chi connectivity index (χ3v) is 3.55. The number of hydrogen-bond donors (Lipinski definition) is 3. The predicted octanol–water partition coefficient (Wildman–Crippen LogP) is 1.14. The van der Waals surface area contributed by atoms with E-state index in [9.17, 15) is 15.0 Å². The lowest BCUT2D eigenvalue weighted by Gasteiger charge is -2.35. The van der Waals surface area contributed by atoms with Gasteiger partial charge in [0.15, 0.2) is 0 Å². The van der Waals surface area contributed by atoms with Gasteiger partial charge in [-0.15, -0.1) is 12.4 Å². The second kappa shape index (κ2) is 8.21. The van der Waals surface area contributed by atoms with Crippen LogP contribution in [-0.2, 0) is 0 Å². The number of halogens is 1. The monoisotopic (exact) mass is 300 g/mol. The fourth-order valence-electron chi connectivity index (χ4n) is 2.63. The number of carboxylic acid groups (broad SMARTS) is 1. The third kappa shape index (κ3) is 3.93. The van der Waals surface area contributed by atoms with Gasteiger partial charge in [0.05, 0.1) is 5.56 Å². The van der Waals surface area contributed by atoms with E-state index in [1.54, 1.807) is 12.1 Å². The first-order valence-corrected chi connectivity index (χ1v) is 6.62. The van der Waals surface area contributed by atoms with Crippen LogP contribution in [0.25, 0.3) is 0 Å². The number of aliphatic hydroxyl groups excluding tert-OH is 1. The molecular formula is C14H21ClN2O3. The van der Waals surface area contributed by atoms with Gasteiger partial charge < -0.3 is 15.5 Å². The molecule has 0 unspecified atom stereocenters. The third-order valence-electron chi connectivity index (χ3n) is 3.55. The van der Waals surface area contributed by atoms with Crippen molar-refractivity contribution in [2.24, 2.45) is 0 Å². The first-order chi connectivity index (χ1) is 9.24. The van der Waals surface area contributed by atoms with E-state index in [4.69, 9.17) is 0 Å². The fourth-order valence-corrected chi connectivity index (χ4v) is 2.63. The molecule has 5 nitrogen and oxygen atoms in total. The molecule has 0 spiro atoms. The number of nitrogens with one attached hydrogen (secondary N) is 1. The van der Waals surface area contributed by atoms with Crippen molar-refractivity contribution in [3.05, 3.63) is 35.4 Å². The summed E-state index contributed by atoms with van der Waals surface area (Å²) in [5, 5.41) is 21.8. The van der Waals surface area contributed by atoms with Crippen molar-refractivity contribution in [2.45, 2.75) is 12.5 Å². The van der Waals surface area contributed by atoms with Gasteiger partial charge in [-0.1, -0.05) is 18.2 Å². The van der Waals surface area contributed by atoms with E-state index >= 15 is 0 Å². The highest BCUT2D eigenvalue weighted by Crippen LogP contribution is 2.27. The molecule has 0 aliphatic carbocycles. The molecule has 1 atom stereocenters. The summed E-state index contributed by atoms with van der Waals surface area (Å²) >= 11 is 0. The van der Waals surface area contributed by atoms with Crippen molar-refractivity contribution in [2.75, 3.05) is 32.8 Å². The Morgan fingerprint density at radius 1 is 1.30 bits per heavy atom. The van der Waals surface area contributed by atoms with Gasteiger partial charge in [-0.2, -0.15) is 0 Å². The average Bonchev–Trinajstić information content (AvgIpc) is 2.45. The van der Waals surface area contributed by atoms with Crippen molar-refractivity contribution >= 4 is 18.4 Å². The zero-order valence-electron chi connectivity index (χ0n) is 11.3. The van der Waals surface area contributed by atoms with Gasteiger partial charge >= 0.3 is 5.97 Å². The smallest absolute Gasteiger partial charge is 0.336 e. The zero-order chi connectivity index (χ0) is 13.7. The lowest BCUT2D eigenvalue weighted by molar-refractivity contribution is 0.0689. The summed E-state index contributed by atoms with van der Waals surface area (Å²) in [6.07, 6.45) is 0.560. The maximum Gasteiger partial charge on any atom is 0.336 e. The lowest BCUT2D eigenvalue weighted by Crippen LogP contribution is -2.45. The quantitative estimate of drug-likeness (QED) is 0.760. The molecule has 1 aliphatic heterocycles. The number of carboxylic acids is 1. The van der Waals surface area contributed by atoms with Gasteiger partial charge in [0.25, 0.3) is 0 Å². The molecular weight excluding hydrogens is 280 g/mol. The predicted molar refractivity (Wildman–Crippen MR) is 79.5 cm³/mol. The van der Waals surface area contributed by atoms with Gasteiger partial charge in [-0.3, -0.25) is 4.90 Å². The number of carbonyl (C=O) groups is 1. The molecule has 6 heteroatoms. The Balaban J connectivity index is 0.00000200. The summed E-state index contributed by atoms with van der Waals surface area (Å²) in [6.45, 7) is 3.61. The highest BCUT2D eigenvalue weighted by atomic mass is 35.5. The van der Waals surface area contributed by atoms with E-state index in [1.807, 2.05) is 12.1 Å². The lowest BCUT2D eigenvalue weighted by atomic mass is 9.96. The highest BCUT2D eigenvalue weighted by Gasteiger charge is 2.25. The van der Waals surface area contributed by atoms with E-state index in [0.717, 1.165) is 31.7 Å². The second-order valence-electron chi connectivity index (χ2n) is 4.71. The Morgan fingerprint density at radius 3 is 2.55 bits per heavy atom. The van der Waals surface area contributed by atoms with Crippen LogP contribution in [0.2, 0.25) is 0 Å². The summed E-state index contributed by atoms with van der Waals surface area (Å²) in [6, 6.07) is 7.05. The average molecular weight is 301 g/mol. The summed E-state index contributed by atoms with van der Waals surface area (Å²) < 4.78 is 0. The topological polar surface area (TPSA) is 72.8 Å². The minimum atomic E-state index is -0.909. The summed E-state index contributed by atoms with van der Waals surface area (Å²) in [5.41, 5.74) is 1.13. The number of aromatic carboxylic acids is 1. The van der Waals surface area contributed by atoms with Crippen LogP contribution < -0.4 is 5.32 Å². The van der Waals surface area contributed by atoms with E-state index in [1.165, 1.54) is 0 Å². The van der Waals surface area contributed by atoms with Gasteiger partial charge in [0, 0.05) is 38.8 Å². The first-order valence-electron chi connectivity index (χ1n) is 6.62. The van der Waals surface area contributed by atoms with Crippen molar-refractivity contribution in [1.29, 1.82) is 0 Å². The van der Waals surface area contributed by atoms with E-state index in [-0.39, 0.29) is 25.1 Å². The normalized spacial score (nSPS) is 17.2. The van der Waals surface area contributed by atoms with Crippen LogP contribution in [0, 0.1) is 0 Å². The molecule has 1 aromatic carbocycles. The number of nitrogens with zero attached hydrogens (tertiary/aromatic N) is 1. The minimum Gasteiger partial charge on any atom is -0.478 e. The molecule has 0 radical (unpaired) electrons. The highest BCUT2D eigenvalue weighted by molar-refractivity contribution is 5.89. The molecule has 0 bridgehead atoms. The Labute approximate surface area is 125 Å². The molecule has 1 heterocycles. The standard InChI is InChI=1S/C14H20N2O3.ClH/c17-10-5-13(16-8-6-15-7-9-16)11-3-1-2-4-12(11)14(18)19;/h1-4,13,15,17H,5-10H2,(H,18,19);1H/t13-;/m0./s1. The largest absolute Gasteiger partial charge is 0.478 e. The SMILES string of the molecule is Cl.O=C(O)c1ccccc1[C@H](CCO)N1CCNCC1. The molecule has 2 rings (SSSR count). The maximum absolute atomic E-state index is 11.3. The number of benzene rings is 1. The fraction of sp³-hybridized carbons (Fsp3) is 0.500. The molecule has 0 aromatic heterocycles. The molecule has 3 N–H and O–H groups in total. The van der Waals surface area contributed by atoms with Crippen LogP contribution in [0.15, 0.2) is 24.3 Å². The molecule has 1 saturated heterocycles. The van der Waals surface area contributed by atoms with E-state index in [2.05, 4.69) is 10.2 Å². The molecule has 1 fully saturated rings. The minimum absolute atomic E-state index is 0. The summed E-state index contributed by atoms with van der Waals surface area (Å²) in [7, 11) is 0. The Hall–Kier alpha value is -1.14. The molecule has 0 amide bonds. The molecule has 1 aliphatic rings.